The van der Waals surface area contributed by atoms with E-state index in [2.05, 4.69) is 10.2 Å². The molecule has 0 aliphatic carbocycles. The summed E-state index contributed by atoms with van der Waals surface area (Å²) >= 11 is 0. The summed E-state index contributed by atoms with van der Waals surface area (Å²) in [7, 11) is 1.69. The Balaban J connectivity index is 0.00000200. The molecule has 7 heteroatoms. The van der Waals surface area contributed by atoms with Crippen LogP contribution in [0.3, 0.4) is 0 Å². The summed E-state index contributed by atoms with van der Waals surface area (Å²) in [5.41, 5.74) is 0. The molecule has 2 fully saturated rings. The summed E-state index contributed by atoms with van der Waals surface area (Å²) in [4.78, 5) is 16.3. The SMILES string of the molecule is COCC1CN(CCC(=O)N2CCNCC2)CCO1.Cl. The number of piperazine rings is 1. The highest BCUT2D eigenvalue weighted by atomic mass is 35.5. The third-order valence-corrected chi connectivity index (χ3v) is 3.69. The number of rotatable bonds is 5. The molecule has 118 valence electrons. The van der Waals surface area contributed by atoms with Crippen LogP contribution in [0.1, 0.15) is 6.42 Å². The molecule has 6 nitrogen and oxygen atoms in total. The largest absolute Gasteiger partial charge is 0.382 e. The van der Waals surface area contributed by atoms with Gasteiger partial charge in [-0.1, -0.05) is 0 Å². The molecule has 2 saturated heterocycles. The van der Waals surface area contributed by atoms with E-state index in [-0.39, 0.29) is 24.4 Å². The molecular formula is C13H26ClN3O3. The van der Waals surface area contributed by atoms with Crippen LogP contribution in [0.4, 0.5) is 0 Å². The van der Waals surface area contributed by atoms with Crippen LogP contribution in [0, 0.1) is 0 Å². The molecule has 1 unspecified atom stereocenters. The van der Waals surface area contributed by atoms with Crippen molar-refractivity contribution in [3.8, 4) is 0 Å². The summed E-state index contributed by atoms with van der Waals surface area (Å²) in [5, 5.41) is 3.26. The molecule has 0 aromatic carbocycles. The molecule has 0 bridgehead atoms. The van der Waals surface area contributed by atoms with E-state index in [4.69, 9.17) is 9.47 Å². The Hall–Kier alpha value is -0.400. The van der Waals surface area contributed by atoms with Gasteiger partial charge in [0, 0.05) is 59.3 Å². The van der Waals surface area contributed by atoms with Crippen LogP contribution in [0.5, 0.6) is 0 Å². The van der Waals surface area contributed by atoms with E-state index in [9.17, 15) is 4.79 Å². The highest BCUT2D eigenvalue weighted by Gasteiger charge is 2.22. The van der Waals surface area contributed by atoms with E-state index >= 15 is 0 Å². The number of methoxy groups -OCH3 is 1. The first-order chi connectivity index (χ1) is 9.29. The lowest BCUT2D eigenvalue weighted by atomic mass is 10.2. The van der Waals surface area contributed by atoms with Gasteiger partial charge in [0.2, 0.25) is 5.91 Å². The Kier molecular flexibility index (Phi) is 8.40. The first kappa shape index (κ1) is 17.7. The van der Waals surface area contributed by atoms with E-state index in [1.54, 1.807) is 7.11 Å². The minimum Gasteiger partial charge on any atom is -0.382 e. The summed E-state index contributed by atoms with van der Waals surface area (Å²) in [6.45, 7) is 7.48. The predicted molar refractivity (Wildman–Crippen MR) is 79.4 cm³/mol. The molecular weight excluding hydrogens is 282 g/mol. The molecule has 2 heterocycles. The average molecular weight is 308 g/mol. The second kappa shape index (κ2) is 9.52. The maximum Gasteiger partial charge on any atom is 0.223 e. The van der Waals surface area contributed by atoms with Gasteiger partial charge in [0.05, 0.1) is 19.3 Å². The van der Waals surface area contributed by atoms with Gasteiger partial charge in [-0.25, -0.2) is 0 Å². The van der Waals surface area contributed by atoms with Crippen LogP contribution < -0.4 is 5.32 Å². The summed E-state index contributed by atoms with van der Waals surface area (Å²) in [6, 6.07) is 0. The maximum atomic E-state index is 12.1. The minimum atomic E-state index is 0. The molecule has 0 saturated carbocycles. The number of ether oxygens (including phenoxy) is 2. The second-order valence-corrected chi connectivity index (χ2v) is 5.13. The van der Waals surface area contributed by atoms with E-state index in [1.165, 1.54) is 0 Å². The third-order valence-electron chi connectivity index (χ3n) is 3.69. The van der Waals surface area contributed by atoms with Crippen molar-refractivity contribution in [2.24, 2.45) is 0 Å². The number of morpholine rings is 1. The van der Waals surface area contributed by atoms with Gasteiger partial charge in [-0.05, 0) is 0 Å². The molecule has 1 N–H and O–H groups in total. The van der Waals surface area contributed by atoms with Gasteiger partial charge in [0.1, 0.15) is 0 Å². The molecule has 0 aromatic heterocycles. The molecule has 2 rings (SSSR count). The fraction of sp³-hybridized carbons (Fsp3) is 0.923. The number of amides is 1. The van der Waals surface area contributed by atoms with Crippen LogP contribution in [-0.2, 0) is 14.3 Å². The number of carbonyl (C=O) groups is 1. The number of hydrogen-bond donors (Lipinski definition) is 1. The first-order valence-electron chi connectivity index (χ1n) is 7.11. The van der Waals surface area contributed by atoms with Crippen LogP contribution >= 0.6 is 12.4 Å². The normalized spacial score (nSPS) is 24.2. The topological polar surface area (TPSA) is 54.0 Å². The first-order valence-corrected chi connectivity index (χ1v) is 7.11. The van der Waals surface area contributed by atoms with Gasteiger partial charge < -0.3 is 19.7 Å². The van der Waals surface area contributed by atoms with Crippen molar-refractivity contribution < 1.29 is 14.3 Å². The average Bonchev–Trinajstić information content (AvgIpc) is 2.46. The van der Waals surface area contributed by atoms with Crippen molar-refractivity contribution in [3.05, 3.63) is 0 Å². The van der Waals surface area contributed by atoms with Crippen LogP contribution in [0.15, 0.2) is 0 Å². The van der Waals surface area contributed by atoms with Crippen molar-refractivity contribution in [2.45, 2.75) is 12.5 Å². The quantitative estimate of drug-likeness (QED) is 0.747. The molecule has 1 amide bonds. The van der Waals surface area contributed by atoms with Crippen LogP contribution in [0.2, 0.25) is 0 Å². The predicted octanol–water partition coefficient (Wildman–Crippen LogP) is -0.423. The summed E-state index contributed by atoms with van der Waals surface area (Å²) < 4.78 is 10.7. The molecule has 2 aliphatic rings. The minimum absolute atomic E-state index is 0. The fourth-order valence-electron chi connectivity index (χ4n) is 2.60. The fourth-order valence-corrected chi connectivity index (χ4v) is 2.60. The lowest BCUT2D eigenvalue weighted by Gasteiger charge is -2.33. The number of carbonyl (C=O) groups excluding carboxylic acids is 1. The second-order valence-electron chi connectivity index (χ2n) is 5.13. The Labute approximate surface area is 127 Å². The lowest BCUT2D eigenvalue weighted by molar-refractivity contribution is -0.132. The van der Waals surface area contributed by atoms with Crippen LogP contribution in [0.25, 0.3) is 0 Å². The van der Waals surface area contributed by atoms with Gasteiger partial charge in [0.15, 0.2) is 0 Å². The number of nitrogens with zero attached hydrogens (tertiary/aromatic N) is 2. The Bertz CT molecular complexity index is 286. The lowest BCUT2D eigenvalue weighted by Crippen LogP contribution is -2.48. The molecule has 20 heavy (non-hydrogen) atoms. The number of hydrogen-bond acceptors (Lipinski definition) is 5. The molecule has 0 radical (unpaired) electrons. The van der Waals surface area contributed by atoms with Gasteiger partial charge in [0.25, 0.3) is 0 Å². The van der Waals surface area contributed by atoms with Crippen molar-refractivity contribution in [2.75, 3.05) is 66.1 Å². The maximum absolute atomic E-state index is 12.1. The van der Waals surface area contributed by atoms with E-state index in [0.717, 1.165) is 52.4 Å². The number of halogens is 1. The van der Waals surface area contributed by atoms with Crippen LogP contribution in [-0.4, -0.2) is 87.9 Å². The molecule has 0 aromatic rings. The third kappa shape index (κ3) is 5.54. The standard InChI is InChI=1S/C13H25N3O3.ClH/c1-18-11-12-10-15(8-9-19-12)5-2-13(17)16-6-3-14-4-7-16;/h12,14H,2-11H2,1H3;1H. The van der Waals surface area contributed by atoms with E-state index < -0.39 is 0 Å². The van der Waals surface area contributed by atoms with Crippen molar-refractivity contribution >= 4 is 18.3 Å². The number of nitrogens with one attached hydrogen (secondary N) is 1. The zero-order valence-electron chi connectivity index (χ0n) is 12.2. The Morgan fingerprint density at radius 1 is 1.35 bits per heavy atom. The zero-order valence-corrected chi connectivity index (χ0v) is 13.0. The highest BCUT2D eigenvalue weighted by Crippen LogP contribution is 2.07. The van der Waals surface area contributed by atoms with Gasteiger partial charge in [-0.3, -0.25) is 9.69 Å². The smallest absolute Gasteiger partial charge is 0.223 e. The van der Waals surface area contributed by atoms with Gasteiger partial charge in [-0.2, -0.15) is 0 Å². The summed E-state index contributed by atoms with van der Waals surface area (Å²) in [5.74, 6) is 0.274. The van der Waals surface area contributed by atoms with Gasteiger partial charge >= 0.3 is 0 Å². The highest BCUT2D eigenvalue weighted by molar-refractivity contribution is 5.85. The van der Waals surface area contributed by atoms with E-state index in [0.29, 0.717) is 13.0 Å². The van der Waals surface area contributed by atoms with Crippen molar-refractivity contribution in [1.82, 2.24) is 15.1 Å². The monoisotopic (exact) mass is 307 g/mol. The molecule has 0 spiro atoms. The Morgan fingerprint density at radius 3 is 2.80 bits per heavy atom. The molecule has 2 aliphatic heterocycles. The van der Waals surface area contributed by atoms with Crippen molar-refractivity contribution in [1.29, 1.82) is 0 Å². The molecule has 1 atom stereocenters. The Morgan fingerprint density at radius 2 is 2.10 bits per heavy atom. The van der Waals surface area contributed by atoms with E-state index in [1.807, 2.05) is 4.90 Å². The zero-order chi connectivity index (χ0) is 13.5. The van der Waals surface area contributed by atoms with Gasteiger partial charge in [-0.15, -0.1) is 12.4 Å². The van der Waals surface area contributed by atoms with Crippen molar-refractivity contribution in [3.63, 3.8) is 0 Å². The summed E-state index contributed by atoms with van der Waals surface area (Å²) in [6.07, 6.45) is 0.757.